The largest absolute Gasteiger partial charge is 0.325 e. The van der Waals surface area contributed by atoms with Gasteiger partial charge in [0.05, 0.1) is 15.6 Å². The number of aromatic nitrogens is 1. The molecule has 0 bridgehead atoms. The zero-order valence-electron chi connectivity index (χ0n) is 19.2. The Balaban J connectivity index is 1.68. The Labute approximate surface area is 207 Å². The lowest BCUT2D eigenvalue weighted by molar-refractivity contribution is -0.123. The van der Waals surface area contributed by atoms with Gasteiger partial charge in [-0.1, -0.05) is 35.8 Å². The molecule has 0 saturated heterocycles. The van der Waals surface area contributed by atoms with Gasteiger partial charge in [0.25, 0.3) is 0 Å². The summed E-state index contributed by atoms with van der Waals surface area (Å²) in [6.45, 7) is 1.88. The van der Waals surface area contributed by atoms with Crippen molar-refractivity contribution >= 4 is 61.4 Å². The molecule has 9 nitrogen and oxygen atoms in total. The van der Waals surface area contributed by atoms with E-state index in [1.807, 2.05) is 6.92 Å². The number of aryl methyl sites for hydroxylation is 1. The molecule has 1 aliphatic rings. The predicted octanol–water partition coefficient (Wildman–Crippen LogP) is 3.52. The van der Waals surface area contributed by atoms with E-state index in [1.54, 1.807) is 24.5 Å². The van der Waals surface area contributed by atoms with Gasteiger partial charge in [-0.15, -0.1) is 11.8 Å². The van der Waals surface area contributed by atoms with Crippen LogP contribution in [-0.4, -0.2) is 43.5 Å². The molecule has 1 heterocycles. The molecule has 1 fully saturated rings. The smallest absolute Gasteiger partial charge is 0.235 e. The van der Waals surface area contributed by atoms with Crippen LogP contribution in [0.15, 0.2) is 22.4 Å². The number of amides is 2. The van der Waals surface area contributed by atoms with Crippen molar-refractivity contribution in [2.24, 2.45) is 11.7 Å². The number of ketones is 1. The van der Waals surface area contributed by atoms with E-state index < -0.39 is 33.4 Å². The first-order valence-electron chi connectivity index (χ1n) is 10.7. The van der Waals surface area contributed by atoms with Crippen LogP contribution in [0, 0.1) is 12.8 Å². The summed E-state index contributed by atoms with van der Waals surface area (Å²) in [4.78, 5) is 42.1. The number of carbonyl (C=O) groups is 3. The summed E-state index contributed by atoms with van der Waals surface area (Å²) in [5.41, 5.74) is 7.72. The molecule has 2 aromatic rings. The van der Waals surface area contributed by atoms with Crippen LogP contribution in [0.4, 0.5) is 10.8 Å². The van der Waals surface area contributed by atoms with Gasteiger partial charge in [0.15, 0.2) is 26.1 Å². The van der Waals surface area contributed by atoms with Crippen molar-refractivity contribution < 1.29 is 22.8 Å². The molecule has 1 unspecified atom stereocenters. The number of anilines is 2. The Bertz CT molecular complexity index is 1200. The van der Waals surface area contributed by atoms with E-state index in [9.17, 15) is 22.8 Å². The van der Waals surface area contributed by atoms with Gasteiger partial charge in [0.2, 0.25) is 11.8 Å². The third-order valence-corrected chi connectivity index (χ3v) is 8.80. The van der Waals surface area contributed by atoms with Crippen molar-refractivity contribution in [3.63, 3.8) is 0 Å². The summed E-state index contributed by atoms with van der Waals surface area (Å²) in [5, 5.41) is 4.06. The van der Waals surface area contributed by atoms with Gasteiger partial charge in [-0.25, -0.2) is 13.4 Å². The van der Waals surface area contributed by atoms with E-state index in [2.05, 4.69) is 15.6 Å². The first-order valence-corrected chi connectivity index (χ1v) is 14.7. The molecule has 184 valence electrons. The number of nitrogens with one attached hydrogen (secondary N) is 2. The quantitative estimate of drug-likeness (QED) is 0.256. The van der Waals surface area contributed by atoms with E-state index in [0.29, 0.717) is 15.5 Å². The lowest BCUT2D eigenvalue weighted by atomic mass is 9.94. The Morgan fingerprint density at radius 3 is 2.47 bits per heavy atom. The Morgan fingerprint density at radius 1 is 1.21 bits per heavy atom. The number of hydrogen-bond donors (Lipinski definition) is 3. The van der Waals surface area contributed by atoms with Crippen molar-refractivity contribution in [1.29, 1.82) is 0 Å². The molecule has 1 aromatic heterocycles. The van der Waals surface area contributed by atoms with E-state index in [4.69, 9.17) is 5.73 Å². The standard InChI is InChI=1S/C22H28N4O5S3/c1-12-8-9-15(14(10-12)19(29)13-6-4-5-7-13)24-16(27)11-17(28)25-22-26-18(21(32-2)33-22)20(23)34(3,30)31/h8-10,13,20H,4-7,11,23H2,1-3H3,(H,24,27)(H,25,26,28). The molecule has 1 saturated carbocycles. The molecule has 0 aliphatic heterocycles. The monoisotopic (exact) mass is 524 g/mol. The lowest BCUT2D eigenvalue weighted by Crippen LogP contribution is -2.23. The van der Waals surface area contributed by atoms with Crippen LogP contribution in [0.25, 0.3) is 0 Å². The van der Waals surface area contributed by atoms with Crippen LogP contribution in [0.1, 0.15) is 59.1 Å². The van der Waals surface area contributed by atoms with Gasteiger partial charge >= 0.3 is 0 Å². The summed E-state index contributed by atoms with van der Waals surface area (Å²) in [5.74, 6) is -1.21. The third-order valence-electron chi connectivity index (χ3n) is 5.54. The number of thioether (sulfide) groups is 1. The fourth-order valence-electron chi connectivity index (χ4n) is 3.78. The van der Waals surface area contributed by atoms with Crippen LogP contribution >= 0.6 is 23.1 Å². The third kappa shape index (κ3) is 6.44. The Kier molecular flexibility index (Phi) is 8.50. The van der Waals surface area contributed by atoms with E-state index in [-0.39, 0.29) is 22.5 Å². The molecular formula is C22H28N4O5S3. The SMILES string of the molecule is CSc1sc(NC(=O)CC(=O)Nc2ccc(C)cc2C(=O)C2CCCC2)nc1C(N)S(C)(=O)=O. The minimum Gasteiger partial charge on any atom is -0.325 e. The van der Waals surface area contributed by atoms with Crippen molar-refractivity contribution in [1.82, 2.24) is 4.98 Å². The summed E-state index contributed by atoms with van der Waals surface area (Å²) in [6.07, 6.45) is 6.01. The highest BCUT2D eigenvalue weighted by atomic mass is 32.2. The van der Waals surface area contributed by atoms with E-state index in [1.165, 1.54) is 11.8 Å². The molecule has 3 rings (SSSR count). The van der Waals surface area contributed by atoms with Crippen molar-refractivity contribution in [3.05, 3.63) is 35.0 Å². The highest BCUT2D eigenvalue weighted by molar-refractivity contribution is 8.00. The zero-order chi connectivity index (χ0) is 25.0. The summed E-state index contributed by atoms with van der Waals surface area (Å²) in [6, 6.07) is 5.24. The van der Waals surface area contributed by atoms with Crippen molar-refractivity contribution in [3.8, 4) is 0 Å². The van der Waals surface area contributed by atoms with Gasteiger partial charge in [-0.2, -0.15) is 0 Å². The van der Waals surface area contributed by atoms with Gasteiger partial charge in [0, 0.05) is 17.7 Å². The first kappa shape index (κ1) is 26.3. The number of thiazole rings is 1. The number of benzene rings is 1. The molecule has 34 heavy (non-hydrogen) atoms. The van der Waals surface area contributed by atoms with Gasteiger partial charge in [-0.05, 0) is 38.2 Å². The minimum absolute atomic E-state index is 0.0167. The number of carbonyl (C=O) groups excluding carboxylic acids is 3. The molecule has 0 radical (unpaired) electrons. The molecule has 12 heteroatoms. The van der Waals surface area contributed by atoms with Gasteiger partial charge in [0.1, 0.15) is 6.42 Å². The summed E-state index contributed by atoms with van der Waals surface area (Å²) < 4.78 is 24.2. The maximum Gasteiger partial charge on any atom is 0.235 e. The minimum atomic E-state index is -3.57. The molecule has 0 spiro atoms. The van der Waals surface area contributed by atoms with Gasteiger partial charge < -0.3 is 16.4 Å². The summed E-state index contributed by atoms with van der Waals surface area (Å²) >= 11 is 2.35. The zero-order valence-corrected chi connectivity index (χ0v) is 21.7. The molecule has 1 atom stereocenters. The normalized spacial score (nSPS) is 15.2. The van der Waals surface area contributed by atoms with Crippen molar-refractivity contribution in [2.45, 2.75) is 48.6 Å². The summed E-state index contributed by atoms with van der Waals surface area (Å²) in [7, 11) is -3.57. The molecular weight excluding hydrogens is 496 g/mol. The van der Waals surface area contributed by atoms with Gasteiger partial charge in [-0.3, -0.25) is 14.4 Å². The van der Waals surface area contributed by atoms with Crippen LogP contribution in [-0.2, 0) is 19.4 Å². The van der Waals surface area contributed by atoms with Crippen molar-refractivity contribution in [2.75, 3.05) is 23.1 Å². The number of rotatable bonds is 9. The molecule has 1 aromatic carbocycles. The maximum absolute atomic E-state index is 13.0. The van der Waals surface area contributed by atoms with Crippen LogP contribution < -0.4 is 16.4 Å². The second-order valence-corrected chi connectivity index (χ2v) is 12.6. The first-order chi connectivity index (χ1) is 16.0. The average molecular weight is 525 g/mol. The Hall–Kier alpha value is -2.28. The average Bonchev–Trinajstić information content (AvgIpc) is 3.43. The highest BCUT2D eigenvalue weighted by Crippen LogP contribution is 2.35. The second kappa shape index (κ2) is 11.0. The maximum atomic E-state index is 13.0. The topological polar surface area (TPSA) is 148 Å². The second-order valence-electron chi connectivity index (χ2n) is 8.31. The number of sulfone groups is 1. The van der Waals surface area contributed by atoms with E-state index >= 15 is 0 Å². The Morgan fingerprint density at radius 2 is 1.85 bits per heavy atom. The van der Waals surface area contributed by atoms with Crippen LogP contribution in [0.3, 0.4) is 0 Å². The number of hydrogen-bond acceptors (Lipinski definition) is 9. The molecule has 2 amide bonds. The molecule has 1 aliphatic carbocycles. The lowest BCUT2D eigenvalue weighted by Gasteiger charge is -2.14. The fourth-order valence-corrected chi connectivity index (χ4v) is 6.22. The highest BCUT2D eigenvalue weighted by Gasteiger charge is 2.27. The number of nitrogens with zero attached hydrogens (tertiary/aromatic N) is 1. The number of Topliss-reactive ketones (excluding diaryl/α,β-unsaturated/α-hetero) is 1. The number of nitrogens with two attached hydrogens (primary N) is 1. The van der Waals surface area contributed by atoms with Crippen LogP contribution in [0.5, 0.6) is 0 Å². The fraction of sp³-hybridized carbons (Fsp3) is 0.455. The van der Waals surface area contributed by atoms with E-state index in [0.717, 1.165) is 48.8 Å². The predicted molar refractivity (Wildman–Crippen MR) is 135 cm³/mol. The molecule has 4 N–H and O–H groups in total. The van der Waals surface area contributed by atoms with Crippen LogP contribution in [0.2, 0.25) is 0 Å².